The Morgan fingerprint density at radius 2 is 2.12 bits per heavy atom. The summed E-state index contributed by atoms with van der Waals surface area (Å²) in [4.78, 5) is 6.73. The van der Waals surface area contributed by atoms with Crippen molar-refractivity contribution in [2.75, 3.05) is 26.2 Å². The fourth-order valence-corrected chi connectivity index (χ4v) is 2.58. The van der Waals surface area contributed by atoms with Crippen LogP contribution in [-0.2, 0) is 6.42 Å². The minimum absolute atomic E-state index is 0.567. The molecule has 17 heavy (non-hydrogen) atoms. The standard InChI is InChI=1S/C14H23N3/c15-10-14(9-13-5-4-6-16-11-13)12-17-7-2-1-3-8-17/h4-6,11,14H,1-3,7-10,12,15H2. The van der Waals surface area contributed by atoms with Gasteiger partial charge < -0.3 is 10.6 Å². The van der Waals surface area contributed by atoms with Crippen molar-refractivity contribution in [2.24, 2.45) is 11.7 Å². The average Bonchev–Trinajstić information content (AvgIpc) is 2.40. The van der Waals surface area contributed by atoms with Crippen LogP contribution < -0.4 is 5.73 Å². The normalized spacial score (nSPS) is 19.1. The number of nitrogens with zero attached hydrogens (tertiary/aromatic N) is 2. The van der Waals surface area contributed by atoms with Crippen molar-refractivity contribution < 1.29 is 0 Å². The van der Waals surface area contributed by atoms with Gasteiger partial charge in [-0.25, -0.2) is 0 Å². The van der Waals surface area contributed by atoms with Crippen LogP contribution in [0.1, 0.15) is 24.8 Å². The summed E-state index contributed by atoms with van der Waals surface area (Å²) in [6.45, 7) is 4.42. The molecule has 1 aliphatic rings. The van der Waals surface area contributed by atoms with Crippen molar-refractivity contribution in [3.8, 4) is 0 Å². The average molecular weight is 233 g/mol. The minimum atomic E-state index is 0.567. The van der Waals surface area contributed by atoms with Gasteiger partial charge in [0.1, 0.15) is 0 Å². The Labute approximate surface area is 104 Å². The van der Waals surface area contributed by atoms with Gasteiger partial charge in [0.2, 0.25) is 0 Å². The van der Waals surface area contributed by atoms with Gasteiger partial charge in [0.05, 0.1) is 0 Å². The molecule has 2 heterocycles. The molecule has 0 saturated carbocycles. The molecule has 2 N–H and O–H groups in total. The van der Waals surface area contributed by atoms with E-state index in [2.05, 4.69) is 16.0 Å². The molecule has 3 heteroatoms. The summed E-state index contributed by atoms with van der Waals surface area (Å²) in [5.41, 5.74) is 7.20. The second-order valence-electron chi connectivity index (χ2n) is 5.03. The van der Waals surface area contributed by atoms with Crippen LogP contribution in [-0.4, -0.2) is 36.1 Å². The number of hydrogen-bond acceptors (Lipinski definition) is 3. The number of likely N-dealkylation sites (tertiary alicyclic amines) is 1. The van der Waals surface area contributed by atoms with Crippen molar-refractivity contribution in [3.05, 3.63) is 30.1 Å². The van der Waals surface area contributed by atoms with Gasteiger partial charge in [-0.1, -0.05) is 12.5 Å². The predicted molar refractivity (Wildman–Crippen MR) is 70.8 cm³/mol. The maximum Gasteiger partial charge on any atom is 0.0299 e. The molecule has 0 radical (unpaired) electrons. The molecular weight excluding hydrogens is 210 g/mol. The van der Waals surface area contributed by atoms with Gasteiger partial charge in [-0.05, 0) is 56.4 Å². The molecule has 1 saturated heterocycles. The largest absolute Gasteiger partial charge is 0.330 e. The zero-order valence-corrected chi connectivity index (χ0v) is 10.5. The van der Waals surface area contributed by atoms with E-state index in [0.717, 1.165) is 19.5 Å². The van der Waals surface area contributed by atoms with Crippen LogP contribution >= 0.6 is 0 Å². The summed E-state index contributed by atoms with van der Waals surface area (Å²) in [5, 5.41) is 0. The number of hydrogen-bond donors (Lipinski definition) is 1. The molecule has 1 aliphatic heterocycles. The van der Waals surface area contributed by atoms with Crippen LogP contribution in [0.4, 0.5) is 0 Å². The first-order valence-electron chi connectivity index (χ1n) is 6.70. The first-order chi connectivity index (χ1) is 8.38. The lowest BCUT2D eigenvalue weighted by molar-refractivity contribution is 0.196. The van der Waals surface area contributed by atoms with Gasteiger partial charge in [0, 0.05) is 18.9 Å². The van der Waals surface area contributed by atoms with Gasteiger partial charge in [0.15, 0.2) is 0 Å². The number of rotatable bonds is 5. The molecule has 94 valence electrons. The van der Waals surface area contributed by atoms with Crippen LogP contribution in [0.3, 0.4) is 0 Å². The van der Waals surface area contributed by atoms with E-state index in [1.54, 1.807) is 0 Å². The maximum absolute atomic E-state index is 5.89. The van der Waals surface area contributed by atoms with E-state index in [-0.39, 0.29) is 0 Å². The smallest absolute Gasteiger partial charge is 0.0299 e. The van der Waals surface area contributed by atoms with Crippen molar-refractivity contribution >= 4 is 0 Å². The third kappa shape index (κ3) is 4.10. The molecule has 1 aromatic heterocycles. The fraction of sp³-hybridized carbons (Fsp3) is 0.643. The molecule has 0 bridgehead atoms. The Hall–Kier alpha value is -0.930. The molecule has 0 aliphatic carbocycles. The molecular formula is C14H23N3. The monoisotopic (exact) mass is 233 g/mol. The molecule has 1 unspecified atom stereocenters. The molecule has 2 rings (SSSR count). The zero-order valence-electron chi connectivity index (χ0n) is 10.5. The first-order valence-corrected chi connectivity index (χ1v) is 6.70. The van der Waals surface area contributed by atoms with Crippen molar-refractivity contribution in [3.63, 3.8) is 0 Å². The van der Waals surface area contributed by atoms with Gasteiger partial charge in [0.25, 0.3) is 0 Å². The van der Waals surface area contributed by atoms with E-state index in [4.69, 9.17) is 5.73 Å². The molecule has 0 amide bonds. The van der Waals surface area contributed by atoms with Gasteiger partial charge in [-0.15, -0.1) is 0 Å². The number of pyridine rings is 1. The topological polar surface area (TPSA) is 42.1 Å². The second-order valence-corrected chi connectivity index (χ2v) is 5.03. The third-order valence-electron chi connectivity index (χ3n) is 3.55. The Balaban J connectivity index is 1.83. The summed E-state index contributed by atoms with van der Waals surface area (Å²) >= 11 is 0. The molecule has 3 nitrogen and oxygen atoms in total. The summed E-state index contributed by atoms with van der Waals surface area (Å²) in [7, 11) is 0. The molecule has 0 aromatic carbocycles. The van der Waals surface area contributed by atoms with E-state index in [1.807, 2.05) is 18.5 Å². The highest BCUT2D eigenvalue weighted by molar-refractivity contribution is 5.09. The van der Waals surface area contributed by atoms with Crippen LogP contribution in [0.2, 0.25) is 0 Å². The van der Waals surface area contributed by atoms with Crippen LogP contribution in [0.15, 0.2) is 24.5 Å². The summed E-state index contributed by atoms with van der Waals surface area (Å²) in [5.74, 6) is 0.567. The van der Waals surface area contributed by atoms with Gasteiger partial charge in [-0.3, -0.25) is 4.98 Å². The summed E-state index contributed by atoms with van der Waals surface area (Å²) in [6.07, 6.45) is 8.94. The fourth-order valence-electron chi connectivity index (χ4n) is 2.58. The number of nitrogens with two attached hydrogens (primary N) is 1. The Bertz CT molecular complexity index is 307. The Morgan fingerprint density at radius 3 is 2.76 bits per heavy atom. The number of aromatic nitrogens is 1. The van der Waals surface area contributed by atoms with E-state index in [0.29, 0.717) is 5.92 Å². The Morgan fingerprint density at radius 1 is 1.29 bits per heavy atom. The quantitative estimate of drug-likeness (QED) is 0.841. The Kier molecular flexibility index (Phi) is 4.95. The van der Waals surface area contributed by atoms with E-state index in [1.165, 1.54) is 37.9 Å². The maximum atomic E-state index is 5.89. The van der Waals surface area contributed by atoms with Gasteiger partial charge >= 0.3 is 0 Å². The van der Waals surface area contributed by atoms with E-state index >= 15 is 0 Å². The zero-order chi connectivity index (χ0) is 11.9. The molecule has 0 spiro atoms. The van der Waals surface area contributed by atoms with Gasteiger partial charge in [-0.2, -0.15) is 0 Å². The van der Waals surface area contributed by atoms with Crippen LogP contribution in [0.5, 0.6) is 0 Å². The van der Waals surface area contributed by atoms with E-state index in [9.17, 15) is 0 Å². The van der Waals surface area contributed by atoms with Crippen molar-refractivity contribution in [1.29, 1.82) is 0 Å². The van der Waals surface area contributed by atoms with Crippen LogP contribution in [0.25, 0.3) is 0 Å². The first kappa shape index (κ1) is 12.5. The lowest BCUT2D eigenvalue weighted by Crippen LogP contribution is -2.37. The van der Waals surface area contributed by atoms with Crippen molar-refractivity contribution in [1.82, 2.24) is 9.88 Å². The highest BCUT2D eigenvalue weighted by atomic mass is 15.1. The third-order valence-corrected chi connectivity index (χ3v) is 3.55. The molecule has 1 atom stereocenters. The lowest BCUT2D eigenvalue weighted by atomic mass is 9.99. The SMILES string of the molecule is NCC(Cc1cccnc1)CN1CCCCC1. The highest BCUT2D eigenvalue weighted by Gasteiger charge is 2.15. The molecule has 1 aromatic rings. The van der Waals surface area contributed by atoms with E-state index < -0.39 is 0 Å². The summed E-state index contributed by atoms with van der Waals surface area (Å²) in [6, 6.07) is 4.15. The minimum Gasteiger partial charge on any atom is -0.330 e. The highest BCUT2D eigenvalue weighted by Crippen LogP contribution is 2.13. The predicted octanol–water partition coefficient (Wildman–Crippen LogP) is 1.68. The summed E-state index contributed by atoms with van der Waals surface area (Å²) < 4.78 is 0. The number of piperidine rings is 1. The van der Waals surface area contributed by atoms with Crippen LogP contribution in [0, 0.1) is 5.92 Å². The molecule has 1 fully saturated rings. The lowest BCUT2D eigenvalue weighted by Gasteiger charge is -2.30. The van der Waals surface area contributed by atoms with Crippen molar-refractivity contribution in [2.45, 2.75) is 25.7 Å². The second kappa shape index (κ2) is 6.72.